The third kappa shape index (κ3) is 3.16. The van der Waals surface area contributed by atoms with Gasteiger partial charge in [0.2, 0.25) is 5.76 Å². The lowest BCUT2D eigenvalue weighted by molar-refractivity contribution is 0.0492. The maximum atomic E-state index is 13.1. The van der Waals surface area contributed by atoms with Crippen LogP contribution in [0.2, 0.25) is 0 Å². The Bertz CT molecular complexity index is 804. The predicted octanol–water partition coefficient (Wildman–Crippen LogP) is 4.93. The molecule has 0 spiro atoms. The molecule has 3 nitrogen and oxygen atoms in total. The largest absolute Gasteiger partial charge is 0.460 e. The molecule has 1 aromatic heterocycles. The summed E-state index contributed by atoms with van der Waals surface area (Å²) in [5, 5.41) is 0. The Hall–Kier alpha value is -2.88. The molecule has 4 heteroatoms. The Balaban J connectivity index is 2.10. The first kappa shape index (κ1) is 15.0. The van der Waals surface area contributed by atoms with Crippen molar-refractivity contribution in [2.45, 2.75) is 6.92 Å². The Morgan fingerprint density at radius 2 is 1.74 bits per heavy atom. The van der Waals surface area contributed by atoms with Crippen molar-refractivity contribution in [1.82, 2.24) is 0 Å². The zero-order valence-corrected chi connectivity index (χ0v) is 12.6. The number of esters is 1. The Kier molecular flexibility index (Phi) is 4.24. The van der Waals surface area contributed by atoms with Crippen LogP contribution in [-0.4, -0.2) is 12.6 Å². The second-order valence-electron chi connectivity index (χ2n) is 4.95. The van der Waals surface area contributed by atoms with Crippen LogP contribution in [0.15, 0.2) is 65.1 Å². The number of hydrogen-bond acceptors (Lipinski definition) is 3. The van der Waals surface area contributed by atoms with Crippen molar-refractivity contribution in [3.05, 3.63) is 72.2 Å². The molecule has 0 unspecified atom stereocenters. The molecule has 0 aliphatic rings. The van der Waals surface area contributed by atoms with Crippen molar-refractivity contribution in [2.75, 3.05) is 6.61 Å². The highest BCUT2D eigenvalue weighted by Crippen LogP contribution is 2.33. The second kappa shape index (κ2) is 6.48. The summed E-state index contributed by atoms with van der Waals surface area (Å²) in [6, 6.07) is 17.1. The van der Waals surface area contributed by atoms with Crippen LogP contribution in [0.25, 0.3) is 22.5 Å². The quantitative estimate of drug-likeness (QED) is 0.641. The summed E-state index contributed by atoms with van der Waals surface area (Å²) in [5.41, 5.74) is 2.20. The smallest absolute Gasteiger partial charge is 0.374 e. The van der Waals surface area contributed by atoms with Crippen molar-refractivity contribution >= 4 is 5.97 Å². The summed E-state index contributed by atoms with van der Waals surface area (Å²) in [4.78, 5) is 12.2. The molecule has 0 saturated carbocycles. The Labute approximate surface area is 133 Å². The van der Waals surface area contributed by atoms with Crippen LogP contribution in [-0.2, 0) is 4.74 Å². The first-order chi connectivity index (χ1) is 11.2. The molecule has 0 radical (unpaired) electrons. The topological polar surface area (TPSA) is 39.4 Å². The third-order valence-electron chi connectivity index (χ3n) is 3.41. The molecule has 0 aliphatic heterocycles. The molecule has 2 aromatic carbocycles. The summed E-state index contributed by atoms with van der Waals surface area (Å²) in [7, 11) is 0. The summed E-state index contributed by atoms with van der Waals surface area (Å²) in [5.74, 6) is -0.196. The van der Waals surface area contributed by atoms with Crippen LogP contribution < -0.4 is 0 Å². The lowest BCUT2D eigenvalue weighted by Crippen LogP contribution is -2.04. The molecule has 1 heterocycles. The van der Waals surface area contributed by atoms with Gasteiger partial charge in [-0.1, -0.05) is 30.3 Å². The number of rotatable bonds is 4. The monoisotopic (exact) mass is 310 g/mol. The highest BCUT2D eigenvalue weighted by atomic mass is 19.1. The van der Waals surface area contributed by atoms with E-state index in [1.54, 1.807) is 25.1 Å². The van der Waals surface area contributed by atoms with Gasteiger partial charge in [0.15, 0.2) is 0 Å². The minimum absolute atomic E-state index is 0.150. The molecule has 3 aromatic rings. The first-order valence-electron chi connectivity index (χ1n) is 7.31. The van der Waals surface area contributed by atoms with Gasteiger partial charge in [-0.3, -0.25) is 0 Å². The average molecular weight is 310 g/mol. The highest BCUT2D eigenvalue weighted by Gasteiger charge is 2.21. The Morgan fingerprint density at radius 1 is 1.04 bits per heavy atom. The molecule has 3 rings (SSSR count). The number of carbonyl (C=O) groups excluding carboxylic acids is 1. The number of ether oxygens (including phenoxy) is 1. The van der Waals surface area contributed by atoms with Gasteiger partial charge in [0, 0.05) is 11.1 Å². The van der Waals surface area contributed by atoms with Gasteiger partial charge in [0.25, 0.3) is 0 Å². The van der Waals surface area contributed by atoms with Gasteiger partial charge >= 0.3 is 5.97 Å². The van der Waals surface area contributed by atoms with Crippen LogP contribution >= 0.6 is 0 Å². The maximum absolute atomic E-state index is 13.1. The molecule has 0 aliphatic carbocycles. The summed E-state index contributed by atoms with van der Waals surface area (Å²) in [6.07, 6.45) is 0. The van der Waals surface area contributed by atoms with E-state index in [0.29, 0.717) is 16.9 Å². The normalized spacial score (nSPS) is 10.5. The van der Waals surface area contributed by atoms with Crippen LogP contribution in [0.5, 0.6) is 0 Å². The predicted molar refractivity (Wildman–Crippen MR) is 85.5 cm³/mol. The number of carbonyl (C=O) groups is 1. The summed E-state index contributed by atoms with van der Waals surface area (Å²) >= 11 is 0. The van der Waals surface area contributed by atoms with Gasteiger partial charge < -0.3 is 9.15 Å². The average Bonchev–Trinajstić information content (AvgIpc) is 3.02. The molecule has 0 amide bonds. The van der Waals surface area contributed by atoms with E-state index < -0.39 is 5.97 Å². The van der Waals surface area contributed by atoms with Gasteiger partial charge in [-0.05, 0) is 42.8 Å². The van der Waals surface area contributed by atoms with Gasteiger partial charge in [-0.25, -0.2) is 9.18 Å². The molecule has 116 valence electrons. The lowest BCUT2D eigenvalue weighted by atomic mass is 10.0. The molecule has 23 heavy (non-hydrogen) atoms. The van der Waals surface area contributed by atoms with Gasteiger partial charge in [-0.2, -0.15) is 0 Å². The van der Waals surface area contributed by atoms with Gasteiger partial charge in [0.05, 0.1) is 6.61 Å². The minimum atomic E-state index is -0.514. The van der Waals surface area contributed by atoms with Gasteiger partial charge in [0.1, 0.15) is 11.6 Å². The highest BCUT2D eigenvalue weighted by molar-refractivity contribution is 5.95. The molecular weight excluding hydrogens is 295 g/mol. The molecule has 0 atom stereocenters. The van der Waals surface area contributed by atoms with E-state index in [2.05, 4.69) is 0 Å². The molecule has 0 N–H and O–H groups in total. The van der Waals surface area contributed by atoms with Crippen molar-refractivity contribution in [3.8, 4) is 22.5 Å². The number of hydrogen-bond donors (Lipinski definition) is 0. The van der Waals surface area contributed by atoms with Crippen LogP contribution in [0, 0.1) is 5.82 Å². The lowest BCUT2D eigenvalue weighted by Gasteiger charge is -2.02. The van der Waals surface area contributed by atoms with E-state index in [4.69, 9.17) is 9.15 Å². The molecular formula is C19H15FO3. The van der Waals surface area contributed by atoms with Gasteiger partial charge in [-0.15, -0.1) is 0 Å². The number of furan rings is 1. The fourth-order valence-corrected chi connectivity index (χ4v) is 2.33. The summed E-state index contributed by atoms with van der Waals surface area (Å²) in [6.45, 7) is 2.00. The van der Waals surface area contributed by atoms with Crippen molar-refractivity contribution in [1.29, 1.82) is 0 Å². The van der Waals surface area contributed by atoms with Crippen LogP contribution in [0.3, 0.4) is 0 Å². The van der Waals surface area contributed by atoms with E-state index >= 15 is 0 Å². The van der Waals surface area contributed by atoms with Crippen LogP contribution in [0.4, 0.5) is 4.39 Å². The van der Waals surface area contributed by atoms with E-state index in [1.807, 2.05) is 30.3 Å². The SMILES string of the molecule is CCOC(=O)c1oc(-c2ccc(F)cc2)cc1-c1ccccc1. The van der Waals surface area contributed by atoms with E-state index in [1.165, 1.54) is 12.1 Å². The van der Waals surface area contributed by atoms with Crippen LogP contribution in [0.1, 0.15) is 17.5 Å². The first-order valence-corrected chi connectivity index (χ1v) is 7.31. The van der Waals surface area contributed by atoms with E-state index in [-0.39, 0.29) is 18.2 Å². The van der Waals surface area contributed by atoms with Crippen molar-refractivity contribution < 1.29 is 18.3 Å². The number of halogens is 1. The Morgan fingerprint density at radius 3 is 2.39 bits per heavy atom. The fourth-order valence-electron chi connectivity index (χ4n) is 2.33. The maximum Gasteiger partial charge on any atom is 0.374 e. The standard InChI is InChI=1S/C19H15FO3/c1-2-22-19(21)18-16(13-6-4-3-5-7-13)12-17(23-18)14-8-10-15(20)11-9-14/h3-12H,2H2,1H3. The second-order valence-corrected chi connectivity index (χ2v) is 4.95. The molecule has 0 fully saturated rings. The van der Waals surface area contributed by atoms with E-state index in [0.717, 1.165) is 5.56 Å². The minimum Gasteiger partial charge on any atom is -0.460 e. The zero-order chi connectivity index (χ0) is 16.2. The third-order valence-corrected chi connectivity index (χ3v) is 3.41. The van der Waals surface area contributed by atoms with E-state index in [9.17, 15) is 9.18 Å². The zero-order valence-electron chi connectivity index (χ0n) is 12.6. The molecule has 0 bridgehead atoms. The fraction of sp³-hybridized carbons (Fsp3) is 0.105. The molecule has 0 saturated heterocycles. The van der Waals surface area contributed by atoms with Crippen molar-refractivity contribution in [3.63, 3.8) is 0 Å². The summed E-state index contributed by atoms with van der Waals surface area (Å²) < 4.78 is 23.9. The number of benzene rings is 2. The van der Waals surface area contributed by atoms with Crippen molar-refractivity contribution in [2.24, 2.45) is 0 Å².